The molecular formula is C6H2N4O10. The molecule has 0 aliphatic rings. The molecule has 0 heterocycles. The van der Waals surface area contributed by atoms with E-state index in [2.05, 4.69) is 0 Å². The fraction of sp³-hybridized carbons (Fsp3) is 0. The van der Waals surface area contributed by atoms with Crippen LogP contribution in [0.15, 0.2) is 0 Å². The molecule has 1 rings (SSSR count). The van der Waals surface area contributed by atoms with Crippen molar-refractivity contribution in [2.45, 2.75) is 0 Å². The van der Waals surface area contributed by atoms with Crippen LogP contribution < -0.4 is 0 Å². The summed E-state index contributed by atoms with van der Waals surface area (Å²) in [6.45, 7) is 0. The van der Waals surface area contributed by atoms with Gasteiger partial charge in [0.15, 0.2) is 0 Å². The van der Waals surface area contributed by atoms with Gasteiger partial charge in [0.05, 0.1) is 19.7 Å². The highest BCUT2D eigenvalue weighted by Gasteiger charge is 2.49. The van der Waals surface area contributed by atoms with Crippen LogP contribution >= 0.6 is 0 Å². The van der Waals surface area contributed by atoms with Crippen LogP contribution in [0.2, 0.25) is 0 Å². The van der Waals surface area contributed by atoms with Crippen LogP contribution in [0.4, 0.5) is 22.7 Å². The van der Waals surface area contributed by atoms with Crippen molar-refractivity contribution in [2.24, 2.45) is 0 Å². The Labute approximate surface area is 106 Å². The summed E-state index contributed by atoms with van der Waals surface area (Å²) in [7, 11) is 0. The van der Waals surface area contributed by atoms with Crippen molar-refractivity contribution in [3.8, 4) is 11.5 Å². The van der Waals surface area contributed by atoms with Gasteiger partial charge in [-0.15, -0.1) is 0 Å². The number of phenols is 2. The molecule has 0 saturated carbocycles. The third-order valence-electron chi connectivity index (χ3n) is 2.08. The van der Waals surface area contributed by atoms with E-state index in [1.807, 2.05) is 0 Å². The predicted molar refractivity (Wildman–Crippen MR) is 56.4 cm³/mol. The van der Waals surface area contributed by atoms with Crippen molar-refractivity contribution in [3.05, 3.63) is 40.5 Å². The second-order valence-electron chi connectivity index (χ2n) is 3.12. The van der Waals surface area contributed by atoms with Crippen LogP contribution in [-0.2, 0) is 0 Å². The topological polar surface area (TPSA) is 213 Å². The van der Waals surface area contributed by atoms with Crippen molar-refractivity contribution in [2.75, 3.05) is 0 Å². The molecule has 0 radical (unpaired) electrons. The Hall–Kier alpha value is -3.58. The van der Waals surface area contributed by atoms with E-state index in [1.54, 1.807) is 0 Å². The fourth-order valence-corrected chi connectivity index (χ4v) is 1.36. The molecule has 14 heteroatoms. The summed E-state index contributed by atoms with van der Waals surface area (Å²) in [6, 6.07) is 0. The van der Waals surface area contributed by atoms with E-state index in [9.17, 15) is 50.7 Å². The number of nitro benzene ring substituents is 4. The molecule has 0 amide bonds. The normalized spacial score (nSPS) is 10.0. The van der Waals surface area contributed by atoms with Crippen molar-refractivity contribution in [3.63, 3.8) is 0 Å². The average molecular weight is 290 g/mol. The smallest absolute Gasteiger partial charge is 0.431 e. The summed E-state index contributed by atoms with van der Waals surface area (Å²) in [5, 5.41) is 61.0. The SMILES string of the molecule is O=[N+]([O-])c1c(O)c([N+](=O)[O-])c([N+](=O)[O-])c([N+](=O)[O-])c1O. The number of phenolic OH excluding ortho intramolecular Hbond substituents is 2. The number of nitro groups is 4. The van der Waals surface area contributed by atoms with Gasteiger partial charge in [0.1, 0.15) is 0 Å². The molecule has 0 aromatic heterocycles. The van der Waals surface area contributed by atoms with Crippen LogP contribution in [0.1, 0.15) is 0 Å². The molecule has 0 fully saturated rings. The predicted octanol–water partition coefficient (Wildman–Crippen LogP) is 0.731. The number of hydrogen-bond acceptors (Lipinski definition) is 10. The molecule has 0 bridgehead atoms. The minimum Gasteiger partial charge on any atom is -0.497 e. The molecule has 0 unspecified atom stereocenters. The van der Waals surface area contributed by atoms with E-state index in [4.69, 9.17) is 0 Å². The van der Waals surface area contributed by atoms with E-state index in [0.29, 0.717) is 0 Å². The van der Waals surface area contributed by atoms with Gasteiger partial charge in [-0.2, -0.15) is 0 Å². The summed E-state index contributed by atoms with van der Waals surface area (Å²) in [5.74, 6) is -3.70. The van der Waals surface area contributed by atoms with Crippen molar-refractivity contribution < 1.29 is 29.9 Å². The molecule has 0 aliphatic heterocycles. The first kappa shape index (κ1) is 14.5. The molecule has 1 aromatic carbocycles. The first-order valence-electron chi connectivity index (χ1n) is 4.30. The largest absolute Gasteiger partial charge is 0.497 e. The minimum atomic E-state index is -1.86. The van der Waals surface area contributed by atoms with Crippen LogP contribution in [-0.4, -0.2) is 29.9 Å². The van der Waals surface area contributed by atoms with E-state index in [0.717, 1.165) is 0 Å². The van der Waals surface area contributed by atoms with Gasteiger partial charge in [0, 0.05) is 0 Å². The Morgan fingerprint density at radius 2 is 0.800 bits per heavy atom. The monoisotopic (exact) mass is 290 g/mol. The van der Waals surface area contributed by atoms with Crippen LogP contribution in [0, 0.1) is 40.5 Å². The van der Waals surface area contributed by atoms with Gasteiger partial charge >= 0.3 is 22.7 Å². The second-order valence-corrected chi connectivity index (χ2v) is 3.12. The molecule has 0 spiro atoms. The standard InChI is InChI=1S/C6H2N4O10/c11-5-2(8(15)16)1(7(13)14)3(9(17)18)6(12)4(5)10(19)20/h11-12H. The average Bonchev–Trinajstić information content (AvgIpc) is 2.25. The van der Waals surface area contributed by atoms with Gasteiger partial charge in [-0.1, -0.05) is 0 Å². The lowest BCUT2D eigenvalue weighted by Gasteiger charge is -2.02. The molecule has 106 valence electrons. The van der Waals surface area contributed by atoms with Crippen molar-refractivity contribution >= 4 is 22.7 Å². The number of rotatable bonds is 4. The molecule has 0 atom stereocenters. The summed E-state index contributed by atoms with van der Waals surface area (Å²) >= 11 is 0. The van der Waals surface area contributed by atoms with Crippen LogP contribution in [0.5, 0.6) is 11.5 Å². The van der Waals surface area contributed by atoms with Crippen LogP contribution in [0.3, 0.4) is 0 Å². The zero-order valence-electron chi connectivity index (χ0n) is 8.95. The number of benzene rings is 1. The summed E-state index contributed by atoms with van der Waals surface area (Å²) in [6.07, 6.45) is 0. The van der Waals surface area contributed by atoms with E-state index in [1.165, 1.54) is 0 Å². The lowest BCUT2D eigenvalue weighted by Crippen LogP contribution is -2.04. The van der Waals surface area contributed by atoms with E-state index >= 15 is 0 Å². The van der Waals surface area contributed by atoms with Gasteiger partial charge in [0.2, 0.25) is 0 Å². The van der Waals surface area contributed by atoms with Crippen molar-refractivity contribution in [1.29, 1.82) is 0 Å². The molecule has 0 saturated heterocycles. The van der Waals surface area contributed by atoms with Crippen molar-refractivity contribution in [1.82, 2.24) is 0 Å². The summed E-state index contributed by atoms with van der Waals surface area (Å²) in [5.41, 5.74) is -7.34. The van der Waals surface area contributed by atoms with Gasteiger partial charge < -0.3 is 10.2 Å². The maximum Gasteiger partial charge on any atom is 0.431 e. The van der Waals surface area contributed by atoms with E-state index < -0.39 is 53.9 Å². The Morgan fingerprint density at radius 3 is 1.00 bits per heavy atom. The van der Waals surface area contributed by atoms with Gasteiger partial charge in [-0.3, -0.25) is 40.5 Å². The highest BCUT2D eigenvalue weighted by molar-refractivity contribution is 5.84. The quantitative estimate of drug-likeness (QED) is 0.585. The molecule has 14 nitrogen and oxygen atoms in total. The minimum absolute atomic E-state index is 1.55. The summed E-state index contributed by atoms with van der Waals surface area (Å²) in [4.78, 5) is 36.1. The lowest BCUT2D eigenvalue weighted by molar-refractivity contribution is -0.444. The van der Waals surface area contributed by atoms with E-state index in [-0.39, 0.29) is 0 Å². The lowest BCUT2D eigenvalue weighted by atomic mass is 10.1. The Morgan fingerprint density at radius 1 is 0.550 bits per heavy atom. The second kappa shape index (κ2) is 4.59. The molecule has 1 aromatic rings. The third kappa shape index (κ3) is 1.96. The Balaban J connectivity index is 4.12. The zero-order valence-corrected chi connectivity index (χ0v) is 8.95. The van der Waals surface area contributed by atoms with Gasteiger partial charge in [0.25, 0.3) is 11.5 Å². The highest BCUT2D eigenvalue weighted by atomic mass is 16.7. The summed E-state index contributed by atoms with van der Waals surface area (Å²) < 4.78 is 0. The maximum atomic E-state index is 10.6. The third-order valence-corrected chi connectivity index (χ3v) is 2.08. The first-order valence-corrected chi connectivity index (χ1v) is 4.30. The molecule has 0 aliphatic carbocycles. The first-order chi connectivity index (χ1) is 9.11. The fourth-order valence-electron chi connectivity index (χ4n) is 1.36. The Kier molecular flexibility index (Phi) is 3.33. The number of nitrogens with zero attached hydrogens (tertiary/aromatic N) is 4. The van der Waals surface area contributed by atoms with Crippen LogP contribution in [0.25, 0.3) is 0 Å². The number of aromatic hydroxyl groups is 2. The molecule has 20 heavy (non-hydrogen) atoms. The zero-order chi connectivity index (χ0) is 15.8. The maximum absolute atomic E-state index is 10.6. The highest BCUT2D eigenvalue weighted by Crippen LogP contribution is 2.54. The molecular weight excluding hydrogens is 288 g/mol. The molecule has 2 N–H and O–H groups in total. The van der Waals surface area contributed by atoms with Gasteiger partial charge in [-0.05, 0) is 0 Å². The Bertz CT molecular complexity index is 625. The number of hydrogen-bond donors (Lipinski definition) is 2. The van der Waals surface area contributed by atoms with Gasteiger partial charge in [-0.25, -0.2) is 0 Å².